The number of thioether (sulfide) groups is 1. The highest BCUT2D eigenvalue weighted by atomic mass is 32.2. The molecular weight excluding hydrogens is 400 g/mol. The minimum Gasteiger partial charge on any atom is -0.497 e. The number of carbonyl (C=O) groups is 2. The van der Waals surface area contributed by atoms with E-state index in [1.807, 2.05) is 60.9 Å². The quantitative estimate of drug-likeness (QED) is 0.125. The Kier molecular flexibility index (Phi) is 9.97. The van der Waals surface area contributed by atoms with Crippen LogP contribution in [0.5, 0.6) is 5.75 Å². The third kappa shape index (κ3) is 7.57. The van der Waals surface area contributed by atoms with E-state index in [4.69, 9.17) is 9.94 Å². The Morgan fingerprint density at radius 3 is 2.33 bits per heavy atom. The van der Waals surface area contributed by atoms with E-state index >= 15 is 0 Å². The normalized spacial score (nSPS) is 11.1. The van der Waals surface area contributed by atoms with Crippen LogP contribution in [0.2, 0.25) is 0 Å². The summed E-state index contributed by atoms with van der Waals surface area (Å²) < 4.78 is 5.21. The maximum absolute atomic E-state index is 12.9. The molecule has 0 spiro atoms. The van der Waals surface area contributed by atoms with Crippen LogP contribution in [0.1, 0.15) is 36.8 Å². The van der Waals surface area contributed by atoms with Gasteiger partial charge in [0.15, 0.2) is 0 Å². The fourth-order valence-corrected chi connectivity index (χ4v) is 3.27. The Labute approximate surface area is 181 Å². The van der Waals surface area contributed by atoms with Gasteiger partial charge in [-0.25, -0.2) is 5.48 Å². The molecule has 0 aromatic heterocycles. The Bertz CT molecular complexity index is 849. The van der Waals surface area contributed by atoms with Gasteiger partial charge >= 0.3 is 0 Å². The van der Waals surface area contributed by atoms with Crippen molar-refractivity contribution >= 4 is 35.2 Å². The predicted molar refractivity (Wildman–Crippen MR) is 120 cm³/mol. The highest BCUT2D eigenvalue weighted by molar-refractivity contribution is 7.98. The Balaban J connectivity index is 2.07. The van der Waals surface area contributed by atoms with Crippen molar-refractivity contribution in [3.05, 3.63) is 59.7 Å². The van der Waals surface area contributed by atoms with Gasteiger partial charge in [-0.15, -0.1) is 11.8 Å². The summed E-state index contributed by atoms with van der Waals surface area (Å²) in [7, 11) is 1.61. The molecule has 6 nitrogen and oxygen atoms in total. The molecule has 3 N–H and O–H groups in total. The molecule has 0 heterocycles. The van der Waals surface area contributed by atoms with Gasteiger partial charge in [0.1, 0.15) is 5.75 Å². The molecule has 0 saturated heterocycles. The van der Waals surface area contributed by atoms with Gasteiger partial charge in [0.05, 0.1) is 7.11 Å². The molecule has 2 amide bonds. The van der Waals surface area contributed by atoms with Crippen LogP contribution in [0.15, 0.2) is 53.4 Å². The van der Waals surface area contributed by atoms with Crippen LogP contribution in [0.4, 0.5) is 0 Å². The average molecular weight is 429 g/mol. The summed E-state index contributed by atoms with van der Waals surface area (Å²) in [6, 6.07) is 15.5. The van der Waals surface area contributed by atoms with E-state index in [0.29, 0.717) is 18.5 Å². The third-order valence-electron chi connectivity index (χ3n) is 4.56. The molecule has 2 rings (SSSR count). The number of carbonyl (C=O) groups excluding carboxylic acids is 2. The Morgan fingerprint density at radius 2 is 1.73 bits per heavy atom. The van der Waals surface area contributed by atoms with E-state index in [0.717, 1.165) is 34.6 Å². The fourth-order valence-electron chi connectivity index (χ4n) is 2.86. The molecule has 0 unspecified atom stereocenters. The number of hydroxylamine groups is 1. The van der Waals surface area contributed by atoms with Crippen LogP contribution >= 0.6 is 11.8 Å². The molecule has 2 aromatic carbocycles. The number of methoxy groups -OCH3 is 1. The molecule has 0 saturated carbocycles. The van der Waals surface area contributed by atoms with Crippen molar-refractivity contribution in [2.45, 2.75) is 30.6 Å². The standard InChI is InChI=1S/C23H28N2O4S/c1-29-19-11-9-18(10-12-19)21(16-17-7-13-20(30-2)14-8-17)23(27)24-15-5-3-4-6-22(26)25-28/h7-14,16,28H,3-6,15H2,1-2H3,(H,24,27)(H,25,26)/b21-16+. The first-order valence-electron chi connectivity index (χ1n) is 9.78. The molecule has 0 aliphatic heterocycles. The van der Waals surface area contributed by atoms with Crippen LogP contribution in [0, 0.1) is 0 Å². The van der Waals surface area contributed by atoms with Crippen molar-refractivity contribution in [3.63, 3.8) is 0 Å². The first-order valence-corrected chi connectivity index (χ1v) is 11.0. The number of ether oxygens (including phenoxy) is 1. The van der Waals surface area contributed by atoms with E-state index in [1.54, 1.807) is 24.4 Å². The van der Waals surface area contributed by atoms with Crippen molar-refractivity contribution in [1.82, 2.24) is 10.8 Å². The van der Waals surface area contributed by atoms with E-state index in [-0.39, 0.29) is 12.3 Å². The van der Waals surface area contributed by atoms with Crippen LogP contribution in [-0.4, -0.2) is 36.9 Å². The molecule has 0 radical (unpaired) electrons. The Hall–Kier alpha value is -2.77. The van der Waals surface area contributed by atoms with Crippen LogP contribution < -0.4 is 15.5 Å². The zero-order valence-electron chi connectivity index (χ0n) is 17.3. The first-order chi connectivity index (χ1) is 14.6. The summed E-state index contributed by atoms with van der Waals surface area (Å²) in [6.45, 7) is 0.512. The van der Waals surface area contributed by atoms with E-state index < -0.39 is 5.91 Å². The third-order valence-corrected chi connectivity index (χ3v) is 5.31. The van der Waals surface area contributed by atoms with Gasteiger partial charge in [0.25, 0.3) is 5.91 Å². The Morgan fingerprint density at radius 1 is 1.03 bits per heavy atom. The highest BCUT2D eigenvalue weighted by Gasteiger charge is 2.12. The van der Waals surface area contributed by atoms with Gasteiger partial charge in [-0.2, -0.15) is 0 Å². The summed E-state index contributed by atoms with van der Waals surface area (Å²) in [6.07, 6.45) is 6.37. The summed E-state index contributed by atoms with van der Waals surface area (Å²) in [5.74, 6) is 0.188. The summed E-state index contributed by atoms with van der Waals surface area (Å²) >= 11 is 1.67. The van der Waals surface area contributed by atoms with Gasteiger partial charge in [0, 0.05) is 23.4 Å². The second-order valence-electron chi connectivity index (χ2n) is 6.66. The number of unbranched alkanes of at least 4 members (excludes halogenated alkanes) is 2. The molecule has 0 atom stereocenters. The lowest BCUT2D eigenvalue weighted by molar-refractivity contribution is -0.129. The van der Waals surface area contributed by atoms with Crippen molar-refractivity contribution in [2.75, 3.05) is 19.9 Å². The zero-order valence-corrected chi connectivity index (χ0v) is 18.1. The van der Waals surface area contributed by atoms with Crippen molar-refractivity contribution < 1.29 is 19.5 Å². The molecular formula is C23H28N2O4S. The predicted octanol–water partition coefficient (Wildman–Crippen LogP) is 4.14. The lowest BCUT2D eigenvalue weighted by Crippen LogP contribution is -2.25. The molecule has 2 aromatic rings. The van der Waals surface area contributed by atoms with Crippen molar-refractivity contribution in [2.24, 2.45) is 0 Å². The largest absolute Gasteiger partial charge is 0.497 e. The van der Waals surface area contributed by atoms with Crippen LogP contribution in [0.25, 0.3) is 11.6 Å². The topological polar surface area (TPSA) is 87.7 Å². The summed E-state index contributed by atoms with van der Waals surface area (Å²) in [4.78, 5) is 25.1. The number of hydrogen-bond acceptors (Lipinski definition) is 5. The van der Waals surface area contributed by atoms with E-state index in [9.17, 15) is 9.59 Å². The van der Waals surface area contributed by atoms with Crippen LogP contribution in [-0.2, 0) is 9.59 Å². The first kappa shape index (κ1) is 23.5. The smallest absolute Gasteiger partial charge is 0.251 e. The highest BCUT2D eigenvalue weighted by Crippen LogP contribution is 2.23. The lowest BCUT2D eigenvalue weighted by Gasteiger charge is -2.11. The lowest BCUT2D eigenvalue weighted by atomic mass is 10.0. The van der Waals surface area contributed by atoms with Crippen molar-refractivity contribution in [1.29, 1.82) is 0 Å². The zero-order chi connectivity index (χ0) is 21.8. The monoisotopic (exact) mass is 428 g/mol. The number of rotatable bonds is 11. The average Bonchev–Trinajstić information content (AvgIpc) is 2.79. The SMILES string of the molecule is COc1ccc(/C(=C\c2ccc(SC)cc2)C(=O)NCCCCCC(=O)NO)cc1. The van der Waals surface area contributed by atoms with Gasteiger partial charge < -0.3 is 10.1 Å². The minimum atomic E-state index is -0.392. The molecule has 0 aliphatic carbocycles. The number of nitrogens with one attached hydrogen (secondary N) is 2. The van der Waals surface area contributed by atoms with Gasteiger partial charge in [-0.1, -0.05) is 30.7 Å². The van der Waals surface area contributed by atoms with Crippen LogP contribution in [0.3, 0.4) is 0 Å². The molecule has 7 heteroatoms. The van der Waals surface area contributed by atoms with Gasteiger partial charge in [-0.05, 0) is 60.6 Å². The molecule has 160 valence electrons. The molecule has 0 aliphatic rings. The molecule has 30 heavy (non-hydrogen) atoms. The number of amides is 2. The van der Waals surface area contributed by atoms with E-state index in [2.05, 4.69) is 5.32 Å². The maximum atomic E-state index is 12.9. The number of benzene rings is 2. The molecule has 0 fully saturated rings. The fraction of sp³-hybridized carbons (Fsp3) is 0.304. The second kappa shape index (κ2) is 12.7. The van der Waals surface area contributed by atoms with Gasteiger partial charge in [0.2, 0.25) is 5.91 Å². The van der Waals surface area contributed by atoms with Crippen molar-refractivity contribution in [3.8, 4) is 5.75 Å². The van der Waals surface area contributed by atoms with Gasteiger partial charge in [-0.3, -0.25) is 14.8 Å². The summed E-state index contributed by atoms with van der Waals surface area (Å²) in [5, 5.41) is 11.5. The minimum absolute atomic E-state index is 0.151. The summed E-state index contributed by atoms with van der Waals surface area (Å²) in [5.41, 5.74) is 3.95. The molecule has 0 bridgehead atoms. The maximum Gasteiger partial charge on any atom is 0.251 e. The number of hydrogen-bond donors (Lipinski definition) is 3. The second-order valence-corrected chi connectivity index (χ2v) is 7.54. The van der Waals surface area contributed by atoms with E-state index in [1.165, 1.54) is 0 Å².